The number of hydrogen-bond donors (Lipinski definition) is 3. The van der Waals surface area contributed by atoms with Crippen LogP contribution in [0.1, 0.15) is 42.5 Å². The smallest absolute Gasteiger partial charge is 0.254 e. The average Bonchev–Trinajstić information content (AvgIpc) is 3.04. The molecular weight excluding hydrogens is 299 g/mol. The fraction of sp³-hybridized carbons (Fsp3) is 0.471. The van der Waals surface area contributed by atoms with Gasteiger partial charge in [-0.05, 0) is 25.0 Å². The van der Waals surface area contributed by atoms with Gasteiger partial charge < -0.3 is 20.1 Å². The van der Waals surface area contributed by atoms with Crippen molar-refractivity contribution in [3.8, 4) is 5.75 Å². The zero-order valence-corrected chi connectivity index (χ0v) is 13.1. The van der Waals surface area contributed by atoms with Gasteiger partial charge in [-0.2, -0.15) is 0 Å². The molecule has 1 aromatic carbocycles. The third-order valence-electron chi connectivity index (χ3n) is 4.57. The van der Waals surface area contributed by atoms with Crippen LogP contribution in [0.15, 0.2) is 18.3 Å². The van der Waals surface area contributed by atoms with E-state index in [2.05, 4.69) is 10.3 Å². The third kappa shape index (κ3) is 3.03. The lowest BCUT2D eigenvalue weighted by Crippen LogP contribution is -2.44. The Balaban J connectivity index is 1.81. The molecule has 3 rings (SSSR count). The maximum atomic E-state index is 14.5. The Labute approximate surface area is 133 Å². The van der Waals surface area contributed by atoms with Crippen molar-refractivity contribution in [2.24, 2.45) is 0 Å². The molecule has 0 aliphatic heterocycles. The highest BCUT2D eigenvalue weighted by Crippen LogP contribution is 2.30. The van der Waals surface area contributed by atoms with Gasteiger partial charge in [-0.1, -0.05) is 19.3 Å². The number of nitrogens with one attached hydrogen (secondary N) is 2. The summed E-state index contributed by atoms with van der Waals surface area (Å²) >= 11 is 0. The van der Waals surface area contributed by atoms with Crippen LogP contribution in [0.25, 0.3) is 10.9 Å². The van der Waals surface area contributed by atoms with E-state index < -0.39 is 17.3 Å². The fourth-order valence-electron chi connectivity index (χ4n) is 3.22. The number of fused-ring (bicyclic) bond motifs is 1. The summed E-state index contributed by atoms with van der Waals surface area (Å²) in [6, 6.07) is 2.95. The Kier molecular flexibility index (Phi) is 4.26. The van der Waals surface area contributed by atoms with Gasteiger partial charge in [0.1, 0.15) is 11.6 Å². The molecule has 6 heteroatoms. The number of hydrogen-bond acceptors (Lipinski definition) is 3. The predicted octanol–water partition coefficient (Wildman–Crippen LogP) is 2.74. The molecule has 0 saturated heterocycles. The van der Waals surface area contributed by atoms with Crippen molar-refractivity contribution in [3.05, 3.63) is 29.7 Å². The molecule has 1 saturated carbocycles. The van der Waals surface area contributed by atoms with Crippen LogP contribution < -0.4 is 10.1 Å². The Morgan fingerprint density at radius 1 is 1.43 bits per heavy atom. The molecule has 5 nitrogen and oxygen atoms in total. The number of methoxy groups -OCH3 is 1. The number of ether oxygens (including phenoxy) is 1. The van der Waals surface area contributed by atoms with E-state index in [1.807, 2.05) is 0 Å². The monoisotopic (exact) mass is 320 g/mol. The minimum atomic E-state index is -0.882. The Bertz CT molecular complexity index is 720. The first-order chi connectivity index (χ1) is 11.0. The highest BCUT2D eigenvalue weighted by Gasteiger charge is 2.30. The lowest BCUT2D eigenvalue weighted by atomic mass is 9.85. The number of aromatic nitrogens is 1. The summed E-state index contributed by atoms with van der Waals surface area (Å²) in [6.45, 7) is 0.138. The first kappa shape index (κ1) is 15.8. The molecule has 124 valence electrons. The van der Waals surface area contributed by atoms with Crippen molar-refractivity contribution in [1.82, 2.24) is 10.3 Å². The van der Waals surface area contributed by atoms with Gasteiger partial charge >= 0.3 is 0 Å². The summed E-state index contributed by atoms with van der Waals surface area (Å²) in [5.74, 6) is -0.717. The number of rotatable bonds is 4. The predicted molar refractivity (Wildman–Crippen MR) is 85.2 cm³/mol. The minimum absolute atomic E-state index is 0.0756. The summed E-state index contributed by atoms with van der Waals surface area (Å²) in [5.41, 5.74) is -0.437. The van der Waals surface area contributed by atoms with Crippen LogP contribution in [0, 0.1) is 5.82 Å². The second kappa shape index (κ2) is 6.20. The molecule has 2 aromatic rings. The largest absolute Gasteiger partial charge is 0.495 e. The average molecular weight is 320 g/mol. The molecule has 3 N–H and O–H groups in total. The van der Waals surface area contributed by atoms with Gasteiger partial charge in [-0.3, -0.25) is 4.79 Å². The molecule has 0 atom stereocenters. The van der Waals surface area contributed by atoms with Gasteiger partial charge in [-0.15, -0.1) is 0 Å². The number of carbonyl (C=O) groups is 1. The molecule has 0 radical (unpaired) electrons. The summed E-state index contributed by atoms with van der Waals surface area (Å²) < 4.78 is 19.7. The Hall–Kier alpha value is -2.08. The normalized spacial score (nSPS) is 17.2. The second-order valence-electron chi connectivity index (χ2n) is 6.17. The molecule has 1 amide bonds. The molecule has 1 aromatic heterocycles. The van der Waals surface area contributed by atoms with Crippen LogP contribution in [-0.4, -0.2) is 35.3 Å². The molecule has 0 spiro atoms. The summed E-state index contributed by atoms with van der Waals surface area (Å²) in [7, 11) is 1.47. The van der Waals surface area contributed by atoms with E-state index in [4.69, 9.17) is 4.74 Å². The minimum Gasteiger partial charge on any atom is -0.495 e. The van der Waals surface area contributed by atoms with Crippen LogP contribution in [0.3, 0.4) is 0 Å². The number of aliphatic hydroxyl groups is 1. The Morgan fingerprint density at radius 2 is 2.17 bits per heavy atom. The van der Waals surface area contributed by atoms with Crippen LogP contribution in [0.4, 0.5) is 4.39 Å². The van der Waals surface area contributed by atoms with E-state index in [-0.39, 0.29) is 12.1 Å². The zero-order chi connectivity index (χ0) is 16.4. The maximum Gasteiger partial charge on any atom is 0.254 e. The lowest BCUT2D eigenvalue weighted by molar-refractivity contribution is 0.00522. The fourth-order valence-corrected chi connectivity index (χ4v) is 3.22. The highest BCUT2D eigenvalue weighted by atomic mass is 19.1. The number of amides is 1. The molecule has 23 heavy (non-hydrogen) atoms. The zero-order valence-electron chi connectivity index (χ0n) is 13.1. The van der Waals surface area contributed by atoms with Gasteiger partial charge in [0.2, 0.25) is 0 Å². The van der Waals surface area contributed by atoms with Crippen molar-refractivity contribution < 1.29 is 19.0 Å². The van der Waals surface area contributed by atoms with Crippen LogP contribution in [-0.2, 0) is 0 Å². The van der Waals surface area contributed by atoms with Crippen molar-refractivity contribution in [3.63, 3.8) is 0 Å². The molecular formula is C17H21FN2O3. The summed E-state index contributed by atoms with van der Waals surface area (Å²) in [4.78, 5) is 15.3. The van der Waals surface area contributed by atoms with Crippen molar-refractivity contribution in [2.75, 3.05) is 13.7 Å². The quantitative estimate of drug-likeness (QED) is 0.811. The van der Waals surface area contributed by atoms with Gasteiger partial charge in [0, 0.05) is 18.1 Å². The van der Waals surface area contributed by atoms with Crippen molar-refractivity contribution in [1.29, 1.82) is 0 Å². The molecule has 1 fully saturated rings. The van der Waals surface area contributed by atoms with E-state index in [0.717, 1.165) is 19.3 Å². The van der Waals surface area contributed by atoms with E-state index in [1.54, 1.807) is 12.3 Å². The van der Waals surface area contributed by atoms with Crippen LogP contribution in [0.2, 0.25) is 0 Å². The van der Waals surface area contributed by atoms with Crippen LogP contribution >= 0.6 is 0 Å². The number of H-pyrrole nitrogens is 1. The standard InChI is InChI=1S/C17H21FN2O3/c1-23-13-9-12(14(18)11-5-8-19-15(11)13)16(21)20-10-17(22)6-3-2-4-7-17/h5,8-9,19,22H,2-4,6-7,10H2,1H3,(H,20,21). The number of aromatic amines is 1. The Morgan fingerprint density at radius 3 is 2.87 bits per heavy atom. The SMILES string of the molecule is COc1cc(C(=O)NCC2(O)CCCCC2)c(F)c2cc[nH]c12. The molecule has 1 aliphatic carbocycles. The maximum absolute atomic E-state index is 14.5. The topological polar surface area (TPSA) is 74.3 Å². The first-order valence-corrected chi connectivity index (χ1v) is 7.88. The summed E-state index contributed by atoms with van der Waals surface area (Å²) in [5, 5.41) is 13.4. The number of halogens is 1. The van der Waals surface area contributed by atoms with E-state index in [9.17, 15) is 14.3 Å². The van der Waals surface area contributed by atoms with Gasteiger partial charge in [0.15, 0.2) is 0 Å². The third-order valence-corrected chi connectivity index (χ3v) is 4.57. The van der Waals surface area contributed by atoms with Gasteiger partial charge in [0.05, 0.1) is 23.8 Å². The summed E-state index contributed by atoms with van der Waals surface area (Å²) in [6.07, 6.45) is 5.93. The first-order valence-electron chi connectivity index (χ1n) is 7.88. The molecule has 0 unspecified atom stereocenters. The van der Waals surface area contributed by atoms with Gasteiger partial charge in [-0.25, -0.2) is 4.39 Å². The van der Waals surface area contributed by atoms with Crippen molar-refractivity contribution >= 4 is 16.8 Å². The molecule has 1 heterocycles. The molecule has 1 aliphatic rings. The van der Waals surface area contributed by atoms with Gasteiger partial charge in [0.25, 0.3) is 5.91 Å². The second-order valence-corrected chi connectivity index (χ2v) is 6.17. The molecule has 0 bridgehead atoms. The number of carbonyl (C=O) groups excluding carboxylic acids is 1. The van der Waals surface area contributed by atoms with Crippen molar-refractivity contribution in [2.45, 2.75) is 37.7 Å². The van der Waals surface area contributed by atoms with E-state index >= 15 is 0 Å². The highest BCUT2D eigenvalue weighted by molar-refractivity contribution is 6.00. The van der Waals surface area contributed by atoms with E-state index in [1.165, 1.54) is 13.2 Å². The lowest BCUT2D eigenvalue weighted by Gasteiger charge is -2.32. The van der Waals surface area contributed by atoms with E-state index in [0.29, 0.717) is 29.5 Å². The number of benzene rings is 1. The van der Waals surface area contributed by atoms with Crippen LogP contribution in [0.5, 0.6) is 5.75 Å².